The zero-order chi connectivity index (χ0) is 89.1. The number of carbonyl (C=O) groups excluding carboxylic acids is 6. The molecular weight excluding hydrogens is 1580 g/mol. The number of nitrogens with zero attached hydrogens (tertiary/aromatic N) is 15. The van der Waals surface area contributed by atoms with Crippen LogP contribution in [0.25, 0.3) is 0 Å². The Labute approximate surface area is 711 Å². The van der Waals surface area contributed by atoms with Crippen molar-refractivity contribution in [1.82, 2.24) is 29.8 Å². The largest absolute Gasteiger partial charge is 0.371 e. The van der Waals surface area contributed by atoms with Crippen LogP contribution in [0.15, 0.2) is 170 Å². The SMILES string of the molecule is CN1C(=O)C[C@@](C)(C2CCCN(c3cccc(C#N)c3)C2)N=C1N.CN1C(=O)C[C@@](C)(c2cccc(N3CCNC(=O)C3)c2)N=C1N.CN1C(=O)C[C@@]2(CCCc3ccsc32)N=C1N.CN1C(=O)[C@@H](c2ccc(C(C)(C)C#N)cc2)[C@@](C)(c2ccc(F)cc2F)N=C1N.CN1C(=O)[C@H](c2ccc(C(C)(C)C#N)cc2)[C@@](C)(c2ccc(F)cc2F)N=C1N. The number of nitrogens with one attached hydrogen (secondary N) is 1. The second kappa shape index (κ2) is 35.3. The highest BCUT2D eigenvalue weighted by Crippen LogP contribution is 2.49. The molecule has 1 unspecified atom stereocenters. The molecule has 8 heterocycles. The summed E-state index contributed by atoms with van der Waals surface area (Å²) in [6.07, 6.45) is 6.29. The number of hydrogen-bond donors (Lipinski definition) is 6. The Morgan fingerprint density at radius 2 is 1.01 bits per heavy atom. The van der Waals surface area contributed by atoms with Crippen molar-refractivity contribution in [1.29, 1.82) is 15.8 Å². The molecule has 2 fully saturated rings. The molecule has 15 rings (SSSR count). The summed E-state index contributed by atoms with van der Waals surface area (Å²) in [7, 11) is 7.99. The number of thiophene rings is 1. The lowest BCUT2D eigenvalue weighted by molar-refractivity contribution is -0.131. The van der Waals surface area contributed by atoms with Crippen LogP contribution in [0.3, 0.4) is 0 Å². The Kier molecular flexibility index (Phi) is 26.0. The van der Waals surface area contributed by atoms with Gasteiger partial charge in [0, 0.05) is 107 Å². The van der Waals surface area contributed by atoms with Gasteiger partial charge in [0.05, 0.1) is 83.3 Å². The number of piperidine rings is 1. The van der Waals surface area contributed by atoms with Gasteiger partial charge in [0.2, 0.25) is 35.4 Å². The average molecular weight is 1680 g/mol. The summed E-state index contributed by atoms with van der Waals surface area (Å²) in [5.41, 5.74) is 31.8. The van der Waals surface area contributed by atoms with Crippen molar-refractivity contribution in [2.75, 3.05) is 77.8 Å². The lowest BCUT2D eigenvalue weighted by Crippen LogP contribution is -2.54. The van der Waals surface area contributed by atoms with Gasteiger partial charge in [-0.15, -0.1) is 11.3 Å². The molecule has 1 spiro atoms. The third kappa shape index (κ3) is 18.3. The van der Waals surface area contributed by atoms with Crippen LogP contribution >= 0.6 is 11.3 Å². The van der Waals surface area contributed by atoms with Gasteiger partial charge < -0.3 is 43.8 Å². The monoisotopic (exact) mass is 1680 g/mol. The summed E-state index contributed by atoms with van der Waals surface area (Å²) >= 11 is 1.70. The lowest BCUT2D eigenvalue weighted by Gasteiger charge is -2.44. The van der Waals surface area contributed by atoms with E-state index in [1.54, 1.807) is 123 Å². The van der Waals surface area contributed by atoms with Gasteiger partial charge >= 0.3 is 0 Å². The van der Waals surface area contributed by atoms with Crippen LogP contribution in [0, 0.1) is 63.2 Å². The fourth-order valence-corrected chi connectivity index (χ4v) is 17.8. The summed E-state index contributed by atoms with van der Waals surface area (Å²) in [6, 6.07) is 44.7. The number of nitrogens with two attached hydrogens (primary N) is 5. The topological polar surface area (TPSA) is 400 Å². The summed E-state index contributed by atoms with van der Waals surface area (Å²) in [5.74, 6) is -4.37. The third-order valence-corrected chi connectivity index (χ3v) is 25.6. The number of piperazine rings is 1. The van der Waals surface area contributed by atoms with E-state index in [4.69, 9.17) is 33.9 Å². The zero-order valence-electron chi connectivity index (χ0n) is 70.7. The van der Waals surface area contributed by atoms with E-state index in [1.165, 1.54) is 61.2 Å². The number of nitriles is 3. The molecule has 1 aromatic heterocycles. The number of rotatable bonds is 10. The normalized spacial score (nSPS) is 24.7. The summed E-state index contributed by atoms with van der Waals surface area (Å²) in [6.45, 7) is 17.9. The fraction of sp³-hybridized carbons (Fsp3) is 0.400. The van der Waals surface area contributed by atoms with E-state index in [1.807, 2.05) is 67.3 Å². The maximum absolute atomic E-state index is 14.7. The predicted molar refractivity (Wildman–Crippen MR) is 461 cm³/mol. The first-order chi connectivity index (χ1) is 57.5. The Bertz CT molecular complexity index is 5370. The highest BCUT2D eigenvalue weighted by molar-refractivity contribution is 7.10. The van der Waals surface area contributed by atoms with Crippen molar-refractivity contribution < 1.29 is 46.3 Å². The second-order valence-electron chi connectivity index (χ2n) is 33.7. The molecule has 8 atom stereocenters. The number of amides is 6. The van der Waals surface area contributed by atoms with Crippen LogP contribution in [0.2, 0.25) is 0 Å². The molecule has 11 N–H and O–H groups in total. The molecule has 0 radical (unpaired) electrons. The smallest absolute Gasteiger partial charge is 0.239 e. The number of fused-ring (bicyclic) bond motifs is 2. The highest BCUT2D eigenvalue weighted by Gasteiger charge is 2.52. The molecule has 7 aromatic rings. The number of guanidine groups is 5. The van der Waals surface area contributed by atoms with E-state index in [2.05, 4.69) is 64.8 Å². The average Bonchev–Trinajstić information content (AvgIpc) is 0.885. The lowest BCUT2D eigenvalue weighted by atomic mass is 9.73. The number of hydrogen-bond acceptors (Lipinski definition) is 22. The molecule has 0 saturated carbocycles. The zero-order valence-corrected chi connectivity index (χ0v) is 71.6. The summed E-state index contributed by atoms with van der Waals surface area (Å²) in [5, 5.41) is 32.7. The quantitative estimate of drug-likeness (QED) is 0.0693. The van der Waals surface area contributed by atoms with Gasteiger partial charge in [-0.1, -0.05) is 78.9 Å². The first-order valence-electron chi connectivity index (χ1n) is 40.0. The number of aliphatic imine (C=N–C) groups is 5. The Balaban J connectivity index is 0.000000150. The first-order valence-corrected chi connectivity index (χ1v) is 40.8. The maximum Gasteiger partial charge on any atom is 0.239 e. The molecule has 1 aliphatic carbocycles. The number of likely N-dealkylation sites (N-methyl/N-ethyl adjacent to an activating group) is 2. The number of benzene rings is 6. The van der Waals surface area contributed by atoms with Crippen molar-refractivity contribution in [3.8, 4) is 18.2 Å². The van der Waals surface area contributed by atoms with E-state index in [0.29, 0.717) is 54.5 Å². The van der Waals surface area contributed by atoms with Crippen molar-refractivity contribution in [2.45, 2.75) is 157 Å². The molecule has 32 heteroatoms. The maximum atomic E-state index is 14.7. The van der Waals surface area contributed by atoms with Crippen LogP contribution in [0.5, 0.6) is 0 Å². The predicted octanol–water partition coefficient (Wildman–Crippen LogP) is 10.3. The molecule has 2 saturated heterocycles. The van der Waals surface area contributed by atoms with Crippen LogP contribution < -0.4 is 43.8 Å². The molecule has 6 aromatic carbocycles. The van der Waals surface area contributed by atoms with Crippen LogP contribution in [-0.4, -0.2) is 163 Å². The van der Waals surface area contributed by atoms with E-state index < -0.39 is 68.1 Å². The van der Waals surface area contributed by atoms with Crippen LogP contribution in [-0.2, 0) is 68.2 Å². The first kappa shape index (κ1) is 89.8. The van der Waals surface area contributed by atoms with E-state index >= 15 is 0 Å². The van der Waals surface area contributed by atoms with Crippen molar-refractivity contribution in [3.63, 3.8) is 0 Å². The number of halogens is 4. The second-order valence-corrected chi connectivity index (χ2v) is 34.6. The van der Waals surface area contributed by atoms with E-state index in [9.17, 15) is 56.9 Å². The van der Waals surface area contributed by atoms with Gasteiger partial charge in [-0.3, -0.25) is 53.3 Å². The summed E-state index contributed by atoms with van der Waals surface area (Å²) < 4.78 is 56.3. The van der Waals surface area contributed by atoms with Crippen LogP contribution in [0.1, 0.15) is 167 Å². The van der Waals surface area contributed by atoms with E-state index in [0.717, 1.165) is 104 Å². The Morgan fingerprint density at radius 1 is 0.525 bits per heavy atom. The van der Waals surface area contributed by atoms with E-state index in [-0.39, 0.29) is 82.3 Å². The van der Waals surface area contributed by atoms with Gasteiger partial charge in [-0.25, -0.2) is 42.5 Å². The highest BCUT2D eigenvalue weighted by atomic mass is 32.1. The van der Waals surface area contributed by atoms with Gasteiger partial charge in [0.15, 0.2) is 29.8 Å². The van der Waals surface area contributed by atoms with Gasteiger partial charge in [0.25, 0.3) is 0 Å². The third-order valence-electron chi connectivity index (χ3n) is 24.5. The Hall–Kier alpha value is -13.0. The number of carbonyl (C=O) groups is 6. The molecule has 0 bridgehead atoms. The summed E-state index contributed by atoms with van der Waals surface area (Å²) in [4.78, 5) is 109. The molecular formula is C90H103F4N21O6S. The molecule has 8 aliphatic rings. The minimum Gasteiger partial charge on any atom is -0.371 e. The number of aryl methyl sites for hydroxylation is 1. The minimum absolute atomic E-state index is 0.0181. The van der Waals surface area contributed by atoms with Gasteiger partial charge in [0.1, 0.15) is 39.9 Å². The molecule has 6 amide bonds. The number of anilines is 2. The minimum atomic E-state index is -1.36. The standard InChI is InChI=1S/2C22H22F2N4O.C18H23N5O.C16H21N5O2.C12H15N3OS/c2*1-21(2,12-25)14-7-5-13(6-8-14)18-19(29)28(4)20(26)27-22(18,3)16-10-9-15(23)11-17(16)24;1-18(10-16(24)22(2)17(20)21-18)14-6-4-8-23(12-14)15-7-3-5-13(9-15)11-19;1-16(9-14(23)20(2)15(17)19-16)11-4-3-5-12(8-11)21-7-6-18-13(22)10-21;1-15-9(16)7-12(14-11(15)13)5-2-3-8-4-6-17-10(8)12/h2*5-11,18H,1-4H3,(H2,26,27);3,5,7,9,14H,4,6,8,10,12H2,1-2H3,(H2,20,21);3-5,8H,6-7,9-10H2,1-2H3,(H2,17,19)(H,18,22);4,6H,2-3,5,7H2,1H3,(H2,13,14)/t18-,22+;18-,22-;14?,18-;16-;12-/m01001/s1. The van der Waals surface area contributed by atoms with Crippen molar-refractivity contribution in [2.24, 2.45) is 59.5 Å². The molecule has 638 valence electrons. The van der Waals surface area contributed by atoms with Gasteiger partial charge in [-0.05, 0) is 175 Å². The van der Waals surface area contributed by atoms with Crippen molar-refractivity contribution >= 4 is 88.0 Å². The fourth-order valence-electron chi connectivity index (χ4n) is 16.7. The van der Waals surface area contributed by atoms with Crippen LogP contribution in [0.4, 0.5) is 28.9 Å². The van der Waals surface area contributed by atoms with Gasteiger partial charge in [-0.2, -0.15) is 15.8 Å². The van der Waals surface area contributed by atoms with Crippen molar-refractivity contribution in [3.05, 3.63) is 223 Å². The molecule has 7 aliphatic heterocycles. The molecule has 27 nitrogen and oxygen atoms in total. The molecule has 122 heavy (non-hydrogen) atoms. The Morgan fingerprint density at radius 3 is 1.49 bits per heavy atom.